The number of piperidine rings is 1. The zero-order valence-corrected chi connectivity index (χ0v) is 17.3. The van der Waals surface area contributed by atoms with Gasteiger partial charge in [-0.25, -0.2) is 4.79 Å². The molecule has 3 heterocycles. The molecule has 0 N–H and O–H groups in total. The number of urea groups is 1. The highest BCUT2D eigenvalue weighted by molar-refractivity contribution is 7.13. The van der Waals surface area contributed by atoms with Gasteiger partial charge in [0.25, 0.3) is 5.91 Å². The van der Waals surface area contributed by atoms with Gasteiger partial charge in [-0.2, -0.15) is 0 Å². The van der Waals surface area contributed by atoms with Crippen molar-refractivity contribution in [3.05, 3.63) is 41.4 Å². The molecule has 1 spiro atoms. The molecule has 8 nitrogen and oxygen atoms in total. The Morgan fingerprint density at radius 1 is 1.17 bits per heavy atom. The summed E-state index contributed by atoms with van der Waals surface area (Å²) < 4.78 is 5.11. The van der Waals surface area contributed by atoms with Gasteiger partial charge in [0, 0.05) is 39.9 Å². The number of anilines is 1. The molecule has 1 aromatic heterocycles. The number of aromatic nitrogens is 2. The number of nitrogens with zero attached hydrogens (tertiary/aromatic N) is 5. The molecule has 2 aliphatic rings. The van der Waals surface area contributed by atoms with Gasteiger partial charge >= 0.3 is 6.03 Å². The molecule has 1 aromatic carbocycles. The smallest absolute Gasteiger partial charge is 0.327 e. The first-order valence-corrected chi connectivity index (χ1v) is 10.7. The van der Waals surface area contributed by atoms with Crippen molar-refractivity contribution >= 4 is 28.4 Å². The SMILES string of the molecule is COCCCN1C(=O)N(Cc2ccccc2)C2(CCN(c3nncs3)CC2)C1=O. The van der Waals surface area contributed by atoms with Crippen LogP contribution >= 0.6 is 11.3 Å². The van der Waals surface area contributed by atoms with Crippen molar-refractivity contribution < 1.29 is 14.3 Å². The molecule has 2 aliphatic heterocycles. The Labute approximate surface area is 174 Å². The van der Waals surface area contributed by atoms with Gasteiger partial charge in [0.1, 0.15) is 11.0 Å². The first kappa shape index (κ1) is 19.8. The lowest BCUT2D eigenvalue weighted by Crippen LogP contribution is -2.56. The van der Waals surface area contributed by atoms with Crippen molar-refractivity contribution in [3.8, 4) is 0 Å². The molecule has 0 atom stereocenters. The number of hydrogen-bond donors (Lipinski definition) is 0. The predicted molar refractivity (Wildman–Crippen MR) is 110 cm³/mol. The number of benzene rings is 1. The summed E-state index contributed by atoms with van der Waals surface area (Å²) in [5.74, 6) is -0.0774. The molecular formula is C20H25N5O3S. The summed E-state index contributed by atoms with van der Waals surface area (Å²) in [5, 5.41) is 8.92. The number of carbonyl (C=O) groups is 2. The van der Waals surface area contributed by atoms with Crippen molar-refractivity contribution in [2.75, 3.05) is 38.3 Å². The van der Waals surface area contributed by atoms with E-state index in [1.807, 2.05) is 30.3 Å². The van der Waals surface area contributed by atoms with E-state index in [4.69, 9.17) is 4.74 Å². The van der Waals surface area contributed by atoms with Crippen LogP contribution in [0.5, 0.6) is 0 Å². The molecule has 0 aliphatic carbocycles. The fourth-order valence-electron chi connectivity index (χ4n) is 4.19. The van der Waals surface area contributed by atoms with E-state index >= 15 is 0 Å². The molecule has 2 aromatic rings. The minimum Gasteiger partial charge on any atom is -0.385 e. The normalized spacial score (nSPS) is 18.9. The molecule has 0 radical (unpaired) electrons. The van der Waals surface area contributed by atoms with Gasteiger partial charge in [0.05, 0.1) is 0 Å². The molecule has 2 fully saturated rings. The first-order valence-electron chi connectivity index (χ1n) is 9.83. The van der Waals surface area contributed by atoms with Crippen LogP contribution in [-0.4, -0.2) is 70.8 Å². The lowest BCUT2D eigenvalue weighted by molar-refractivity contribution is -0.134. The van der Waals surface area contributed by atoms with Crippen molar-refractivity contribution in [1.82, 2.24) is 20.0 Å². The summed E-state index contributed by atoms with van der Waals surface area (Å²) >= 11 is 1.49. The third kappa shape index (κ3) is 3.72. The van der Waals surface area contributed by atoms with Gasteiger partial charge in [0.2, 0.25) is 5.13 Å². The topological polar surface area (TPSA) is 78.9 Å². The zero-order valence-electron chi connectivity index (χ0n) is 16.5. The van der Waals surface area contributed by atoms with Gasteiger partial charge in [-0.1, -0.05) is 41.7 Å². The number of methoxy groups -OCH3 is 1. The molecular weight excluding hydrogens is 390 g/mol. The fraction of sp³-hybridized carbons (Fsp3) is 0.500. The highest BCUT2D eigenvalue weighted by Crippen LogP contribution is 2.39. The molecule has 2 saturated heterocycles. The van der Waals surface area contributed by atoms with Crippen molar-refractivity contribution in [2.24, 2.45) is 0 Å². The largest absolute Gasteiger partial charge is 0.385 e. The average Bonchev–Trinajstić information content (AvgIpc) is 3.35. The number of hydrogen-bond acceptors (Lipinski definition) is 7. The van der Waals surface area contributed by atoms with E-state index in [1.165, 1.54) is 16.2 Å². The molecule has 29 heavy (non-hydrogen) atoms. The van der Waals surface area contributed by atoms with Crippen LogP contribution in [0.3, 0.4) is 0 Å². The standard InChI is InChI=1S/C20H25N5O3S/c1-28-13-5-10-24-17(26)20(8-11-23(12-9-20)18-22-21-15-29-18)25(19(24)27)14-16-6-3-2-4-7-16/h2-4,6-7,15H,5,8-14H2,1H3. The van der Waals surface area contributed by atoms with Gasteiger partial charge in [-0.05, 0) is 24.8 Å². The van der Waals surface area contributed by atoms with E-state index in [9.17, 15) is 9.59 Å². The number of imide groups is 1. The highest BCUT2D eigenvalue weighted by Gasteiger charge is 2.57. The first-order chi connectivity index (χ1) is 14.2. The van der Waals surface area contributed by atoms with E-state index in [0.717, 1.165) is 10.7 Å². The second-order valence-electron chi connectivity index (χ2n) is 7.40. The van der Waals surface area contributed by atoms with Crippen molar-refractivity contribution in [2.45, 2.75) is 31.3 Å². The maximum absolute atomic E-state index is 13.5. The van der Waals surface area contributed by atoms with Crippen molar-refractivity contribution in [1.29, 1.82) is 0 Å². The van der Waals surface area contributed by atoms with Gasteiger partial charge in [0.15, 0.2) is 0 Å². The van der Waals surface area contributed by atoms with Crippen LogP contribution in [0.25, 0.3) is 0 Å². The minimum absolute atomic E-state index is 0.0774. The summed E-state index contributed by atoms with van der Waals surface area (Å²) in [5.41, 5.74) is 1.95. The Bertz CT molecular complexity index is 837. The Hall–Kier alpha value is -2.52. The number of amides is 3. The van der Waals surface area contributed by atoms with Gasteiger partial charge < -0.3 is 14.5 Å². The van der Waals surface area contributed by atoms with E-state index in [2.05, 4.69) is 15.1 Å². The highest BCUT2D eigenvalue weighted by atomic mass is 32.1. The third-order valence-corrected chi connectivity index (χ3v) is 6.50. The maximum Gasteiger partial charge on any atom is 0.327 e. The second kappa shape index (κ2) is 8.46. The lowest BCUT2D eigenvalue weighted by Gasteiger charge is -2.42. The monoisotopic (exact) mass is 415 g/mol. The molecule has 0 saturated carbocycles. The summed E-state index contributed by atoms with van der Waals surface area (Å²) in [7, 11) is 1.63. The fourth-order valence-corrected chi connectivity index (χ4v) is 4.80. The predicted octanol–water partition coefficient (Wildman–Crippen LogP) is 2.38. The summed E-state index contributed by atoms with van der Waals surface area (Å²) in [4.78, 5) is 32.1. The summed E-state index contributed by atoms with van der Waals surface area (Å²) in [6.45, 7) is 2.69. The Kier molecular flexibility index (Phi) is 5.77. The Morgan fingerprint density at radius 3 is 2.59 bits per heavy atom. The quantitative estimate of drug-likeness (QED) is 0.510. The van der Waals surface area contributed by atoms with Crippen LogP contribution in [0.1, 0.15) is 24.8 Å². The molecule has 9 heteroatoms. The van der Waals surface area contributed by atoms with Crippen LogP contribution in [0.2, 0.25) is 0 Å². The van der Waals surface area contributed by atoms with Crippen LogP contribution in [-0.2, 0) is 16.1 Å². The number of ether oxygens (including phenoxy) is 1. The summed E-state index contributed by atoms with van der Waals surface area (Å²) in [6, 6.07) is 9.66. The molecule has 4 rings (SSSR count). The van der Waals surface area contributed by atoms with E-state index in [0.29, 0.717) is 52.0 Å². The van der Waals surface area contributed by atoms with Gasteiger partial charge in [-0.3, -0.25) is 9.69 Å². The van der Waals surface area contributed by atoms with E-state index in [1.54, 1.807) is 17.5 Å². The second-order valence-corrected chi connectivity index (χ2v) is 8.21. The molecule has 3 amide bonds. The van der Waals surface area contributed by atoms with Crippen LogP contribution < -0.4 is 4.90 Å². The Balaban J connectivity index is 1.57. The average molecular weight is 416 g/mol. The molecule has 154 valence electrons. The van der Waals surface area contributed by atoms with Crippen molar-refractivity contribution in [3.63, 3.8) is 0 Å². The summed E-state index contributed by atoms with van der Waals surface area (Å²) in [6.07, 6.45) is 1.82. The number of carbonyl (C=O) groups excluding carboxylic acids is 2. The zero-order chi connectivity index (χ0) is 20.3. The van der Waals surface area contributed by atoms with Crippen LogP contribution in [0, 0.1) is 0 Å². The Morgan fingerprint density at radius 2 is 1.93 bits per heavy atom. The van der Waals surface area contributed by atoms with Crippen LogP contribution in [0.4, 0.5) is 9.93 Å². The molecule has 0 bridgehead atoms. The minimum atomic E-state index is -0.790. The van der Waals surface area contributed by atoms with E-state index in [-0.39, 0.29) is 11.9 Å². The van der Waals surface area contributed by atoms with Gasteiger partial charge in [-0.15, -0.1) is 10.2 Å². The van der Waals surface area contributed by atoms with Crippen LogP contribution in [0.15, 0.2) is 35.8 Å². The maximum atomic E-state index is 13.5. The van der Waals surface area contributed by atoms with E-state index < -0.39 is 5.54 Å². The third-order valence-electron chi connectivity index (χ3n) is 5.75. The number of rotatable bonds is 7. The lowest BCUT2D eigenvalue weighted by atomic mass is 9.85. The molecule has 0 unspecified atom stereocenters.